The fourth-order valence-electron chi connectivity index (χ4n) is 4.90. The third kappa shape index (κ3) is 4.56. The smallest absolute Gasteiger partial charge is 0.407 e. The zero-order chi connectivity index (χ0) is 23.4. The maximum atomic E-state index is 12.3. The first-order valence-electron chi connectivity index (χ1n) is 11.8. The lowest BCUT2D eigenvalue weighted by Gasteiger charge is -2.33. The SMILES string of the molecule is O=C(NCC#Cc1ccc(C2(O)CCNCC2)cc1)OCC1c2ccccc2-c2ccccc21. The van der Waals surface area contributed by atoms with Crippen LogP contribution in [0, 0.1) is 11.8 Å². The van der Waals surface area contributed by atoms with Crippen LogP contribution in [-0.4, -0.2) is 37.4 Å². The van der Waals surface area contributed by atoms with Gasteiger partial charge in [-0.3, -0.25) is 0 Å². The van der Waals surface area contributed by atoms with E-state index in [1.54, 1.807) is 0 Å². The number of hydrogen-bond donors (Lipinski definition) is 3. The highest BCUT2D eigenvalue weighted by Crippen LogP contribution is 2.44. The van der Waals surface area contributed by atoms with Gasteiger partial charge in [0.05, 0.1) is 12.1 Å². The maximum Gasteiger partial charge on any atom is 0.407 e. The summed E-state index contributed by atoms with van der Waals surface area (Å²) in [7, 11) is 0. The molecule has 5 rings (SSSR count). The van der Waals surface area contributed by atoms with Crippen molar-refractivity contribution in [1.29, 1.82) is 0 Å². The average Bonchev–Trinajstić information content (AvgIpc) is 3.20. The highest BCUT2D eigenvalue weighted by atomic mass is 16.5. The summed E-state index contributed by atoms with van der Waals surface area (Å²) < 4.78 is 5.54. The van der Waals surface area contributed by atoms with Crippen molar-refractivity contribution in [2.24, 2.45) is 0 Å². The van der Waals surface area contributed by atoms with Gasteiger partial charge in [-0.25, -0.2) is 4.79 Å². The average molecular weight is 453 g/mol. The molecule has 1 aliphatic carbocycles. The van der Waals surface area contributed by atoms with Crippen molar-refractivity contribution in [3.8, 4) is 23.0 Å². The van der Waals surface area contributed by atoms with Gasteiger partial charge in [0.25, 0.3) is 0 Å². The Bertz CT molecular complexity index is 1190. The number of rotatable bonds is 4. The second-order valence-electron chi connectivity index (χ2n) is 8.84. The molecule has 3 aromatic carbocycles. The molecule has 1 saturated heterocycles. The predicted octanol–water partition coefficient (Wildman–Crippen LogP) is 4.15. The van der Waals surface area contributed by atoms with Gasteiger partial charge < -0.3 is 20.5 Å². The predicted molar refractivity (Wildman–Crippen MR) is 132 cm³/mol. The third-order valence-corrected chi connectivity index (χ3v) is 6.75. The molecule has 0 spiro atoms. The summed E-state index contributed by atoms with van der Waals surface area (Å²) in [6, 6.07) is 24.2. The summed E-state index contributed by atoms with van der Waals surface area (Å²) in [5.74, 6) is 6.06. The minimum atomic E-state index is -0.761. The van der Waals surface area contributed by atoms with Gasteiger partial charge in [-0.1, -0.05) is 72.5 Å². The standard InChI is InChI=1S/C29H28N2O3/c32-28(34-20-27-25-9-3-1-7-23(25)24-8-2-4-10-26(24)27)31-17-5-6-21-11-13-22(14-12-21)29(33)15-18-30-19-16-29/h1-4,7-14,27,30,33H,15-20H2,(H,31,32). The van der Waals surface area contributed by atoms with Crippen LogP contribution in [0.4, 0.5) is 4.79 Å². The lowest BCUT2D eigenvalue weighted by molar-refractivity contribution is 0.00594. The lowest BCUT2D eigenvalue weighted by atomic mass is 9.85. The molecule has 1 aliphatic heterocycles. The van der Waals surface area contributed by atoms with E-state index in [-0.39, 0.29) is 19.1 Å². The molecule has 3 N–H and O–H groups in total. The van der Waals surface area contributed by atoms with Gasteiger partial charge in [-0.2, -0.15) is 0 Å². The van der Waals surface area contributed by atoms with Crippen LogP contribution in [0.1, 0.15) is 41.0 Å². The molecular weight excluding hydrogens is 424 g/mol. The van der Waals surface area contributed by atoms with E-state index in [0.29, 0.717) is 12.8 Å². The first kappa shape index (κ1) is 22.2. The summed E-state index contributed by atoms with van der Waals surface area (Å²) in [5, 5.41) is 16.8. The van der Waals surface area contributed by atoms with Gasteiger partial charge >= 0.3 is 6.09 Å². The molecule has 0 aromatic heterocycles. The summed E-state index contributed by atoms with van der Waals surface area (Å²) in [4.78, 5) is 12.3. The van der Waals surface area contributed by atoms with Gasteiger partial charge in [0.15, 0.2) is 0 Å². The van der Waals surface area contributed by atoms with E-state index < -0.39 is 11.7 Å². The van der Waals surface area contributed by atoms with Crippen LogP contribution >= 0.6 is 0 Å². The molecule has 0 atom stereocenters. The Kier molecular flexibility index (Phi) is 6.35. The quantitative estimate of drug-likeness (QED) is 0.520. The summed E-state index contributed by atoms with van der Waals surface area (Å²) in [6.07, 6.45) is 0.948. The van der Waals surface area contributed by atoms with Crippen molar-refractivity contribution >= 4 is 6.09 Å². The van der Waals surface area contributed by atoms with Crippen LogP contribution < -0.4 is 10.6 Å². The lowest BCUT2D eigenvalue weighted by Crippen LogP contribution is -2.39. The van der Waals surface area contributed by atoms with Crippen molar-refractivity contribution in [3.63, 3.8) is 0 Å². The molecule has 0 saturated carbocycles. The van der Waals surface area contributed by atoms with E-state index in [4.69, 9.17) is 4.74 Å². The summed E-state index contributed by atoms with van der Waals surface area (Å²) >= 11 is 0. The van der Waals surface area contributed by atoms with E-state index in [1.165, 1.54) is 22.3 Å². The van der Waals surface area contributed by atoms with Gasteiger partial charge in [-0.15, -0.1) is 0 Å². The normalized spacial score (nSPS) is 16.0. The highest BCUT2D eigenvalue weighted by molar-refractivity contribution is 5.79. The molecule has 1 heterocycles. The molecular formula is C29H28N2O3. The Morgan fingerprint density at radius 2 is 1.59 bits per heavy atom. The number of piperidine rings is 1. The Morgan fingerprint density at radius 1 is 0.971 bits per heavy atom. The number of benzene rings is 3. The van der Waals surface area contributed by atoms with Crippen molar-refractivity contribution < 1.29 is 14.6 Å². The molecule has 0 radical (unpaired) electrons. The molecule has 2 aliphatic rings. The molecule has 1 fully saturated rings. The topological polar surface area (TPSA) is 70.6 Å². The number of hydrogen-bond acceptors (Lipinski definition) is 4. The minimum absolute atomic E-state index is 0.0394. The number of amides is 1. The van der Waals surface area contributed by atoms with Crippen molar-refractivity contribution in [3.05, 3.63) is 95.1 Å². The highest BCUT2D eigenvalue weighted by Gasteiger charge is 2.31. The van der Waals surface area contributed by atoms with Gasteiger partial charge in [-0.05, 0) is 65.9 Å². The number of nitrogens with one attached hydrogen (secondary N) is 2. The van der Waals surface area contributed by atoms with Gasteiger partial charge in [0, 0.05) is 11.5 Å². The molecule has 172 valence electrons. The fraction of sp³-hybridized carbons (Fsp3) is 0.276. The number of carbonyl (C=O) groups is 1. The van der Waals surface area contributed by atoms with Crippen LogP contribution in [0.2, 0.25) is 0 Å². The number of fused-ring (bicyclic) bond motifs is 3. The number of carbonyl (C=O) groups excluding carboxylic acids is 1. The zero-order valence-electron chi connectivity index (χ0n) is 19.0. The van der Waals surface area contributed by atoms with Crippen LogP contribution in [0.5, 0.6) is 0 Å². The second-order valence-corrected chi connectivity index (χ2v) is 8.84. The van der Waals surface area contributed by atoms with Crippen LogP contribution in [0.15, 0.2) is 72.8 Å². The molecule has 1 amide bonds. The van der Waals surface area contributed by atoms with E-state index in [2.05, 4.69) is 46.7 Å². The first-order valence-corrected chi connectivity index (χ1v) is 11.8. The second kappa shape index (κ2) is 9.72. The Balaban J connectivity index is 1.13. The van der Waals surface area contributed by atoms with Gasteiger partial charge in [0.2, 0.25) is 0 Å². The molecule has 5 nitrogen and oxygen atoms in total. The summed E-state index contributed by atoms with van der Waals surface area (Å²) in [6.45, 7) is 2.13. The van der Waals surface area contributed by atoms with Gasteiger partial charge in [0.1, 0.15) is 6.61 Å². The largest absolute Gasteiger partial charge is 0.449 e. The van der Waals surface area contributed by atoms with Crippen molar-refractivity contribution in [1.82, 2.24) is 10.6 Å². The van der Waals surface area contributed by atoms with Crippen molar-refractivity contribution in [2.75, 3.05) is 26.2 Å². The van der Waals surface area contributed by atoms with E-state index in [9.17, 15) is 9.90 Å². The maximum absolute atomic E-state index is 12.3. The van der Waals surface area contributed by atoms with E-state index in [0.717, 1.165) is 24.2 Å². The van der Waals surface area contributed by atoms with E-state index >= 15 is 0 Å². The van der Waals surface area contributed by atoms with E-state index in [1.807, 2.05) is 48.5 Å². The molecule has 5 heteroatoms. The number of ether oxygens (including phenoxy) is 1. The molecule has 0 unspecified atom stereocenters. The van der Waals surface area contributed by atoms with Crippen molar-refractivity contribution in [2.45, 2.75) is 24.4 Å². The minimum Gasteiger partial charge on any atom is -0.449 e. The van der Waals surface area contributed by atoms with Crippen LogP contribution in [0.25, 0.3) is 11.1 Å². The number of aliphatic hydroxyl groups is 1. The fourth-order valence-corrected chi connectivity index (χ4v) is 4.90. The first-order chi connectivity index (χ1) is 16.6. The zero-order valence-corrected chi connectivity index (χ0v) is 19.0. The third-order valence-electron chi connectivity index (χ3n) is 6.75. The Morgan fingerprint density at radius 3 is 2.24 bits per heavy atom. The Labute approximate surface area is 200 Å². The summed E-state index contributed by atoms with van der Waals surface area (Å²) in [5.41, 5.74) is 5.80. The monoisotopic (exact) mass is 452 g/mol. The molecule has 34 heavy (non-hydrogen) atoms. The molecule has 0 bridgehead atoms. The molecule has 3 aromatic rings. The Hall–Kier alpha value is -3.59. The number of alkyl carbamates (subject to hydrolysis) is 1. The van der Waals surface area contributed by atoms with Crippen LogP contribution in [0.3, 0.4) is 0 Å². The van der Waals surface area contributed by atoms with Crippen LogP contribution in [-0.2, 0) is 10.3 Å².